The molecular weight excluding hydrogens is 366 g/mol. The van der Waals surface area contributed by atoms with Crippen molar-refractivity contribution in [1.82, 2.24) is 9.97 Å². The van der Waals surface area contributed by atoms with E-state index in [1.54, 1.807) is 17.3 Å². The number of aryl methyl sites for hydroxylation is 1. The van der Waals surface area contributed by atoms with Crippen LogP contribution in [-0.2, 0) is 22.6 Å². The highest BCUT2D eigenvalue weighted by Gasteiger charge is 2.21. The number of carbonyl (C=O) groups excluding carboxylic acids is 2. The van der Waals surface area contributed by atoms with Crippen LogP contribution in [0, 0.1) is 0 Å². The largest absolute Gasteiger partial charge is 0.288 e. The van der Waals surface area contributed by atoms with Crippen LogP contribution < -0.4 is 4.90 Å². The van der Waals surface area contributed by atoms with E-state index >= 15 is 0 Å². The standard InChI is InChI=1S/C19H19N3O2S2/c1-3-14-6-7-16-17(9-14)26-19(21-16)22(18(24)12-25-13(2)23)11-15-5-4-8-20-10-15/h4-10H,3,11-12H2,1-2H3. The lowest BCUT2D eigenvalue weighted by Crippen LogP contribution is -2.32. The van der Waals surface area contributed by atoms with Gasteiger partial charge in [-0.15, -0.1) is 0 Å². The van der Waals surface area contributed by atoms with Crippen LogP contribution in [0.5, 0.6) is 0 Å². The molecule has 2 aromatic heterocycles. The van der Waals surface area contributed by atoms with Crippen molar-refractivity contribution >= 4 is 49.5 Å². The van der Waals surface area contributed by atoms with E-state index in [1.165, 1.54) is 23.8 Å². The second-order valence-electron chi connectivity index (χ2n) is 5.77. The molecule has 0 radical (unpaired) electrons. The molecule has 0 aliphatic carbocycles. The molecule has 0 atom stereocenters. The van der Waals surface area contributed by atoms with Gasteiger partial charge in [0.05, 0.1) is 22.5 Å². The molecule has 3 rings (SSSR count). The average Bonchev–Trinajstić information content (AvgIpc) is 3.07. The fraction of sp³-hybridized carbons (Fsp3) is 0.263. The Morgan fingerprint density at radius 2 is 2.08 bits per heavy atom. The molecule has 5 nitrogen and oxygen atoms in total. The van der Waals surface area contributed by atoms with Gasteiger partial charge in [-0.3, -0.25) is 19.5 Å². The van der Waals surface area contributed by atoms with Gasteiger partial charge in [-0.2, -0.15) is 0 Å². The number of fused-ring (bicyclic) bond motifs is 1. The highest BCUT2D eigenvalue weighted by Crippen LogP contribution is 2.31. The number of nitrogens with zero attached hydrogens (tertiary/aromatic N) is 3. The maximum Gasteiger partial charge on any atom is 0.239 e. The Bertz CT molecular complexity index is 925. The lowest BCUT2D eigenvalue weighted by molar-refractivity contribution is -0.116. The van der Waals surface area contributed by atoms with Crippen molar-refractivity contribution in [2.75, 3.05) is 10.7 Å². The normalized spacial score (nSPS) is 10.8. The van der Waals surface area contributed by atoms with Gasteiger partial charge in [0.2, 0.25) is 5.91 Å². The second kappa shape index (κ2) is 8.42. The summed E-state index contributed by atoms with van der Waals surface area (Å²) in [5.41, 5.74) is 3.04. The zero-order valence-electron chi connectivity index (χ0n) is 14.6. The van der Waals surface area contributed by atoms with Crippen LogP contribution >= 0.6 is 23.1 Å². The molecule has 1 aromatic carbocycles. The summed E-state index contributed by atoms with van der Waals surface area (Å²) < 4.78 is 1.06. The first-order chi connectivity index (χ1) is 12.6. The first-order valence-electron chi connectivity index (χ1n) is 8.29. The monoisotopic (exact) mass is 385 g/mol. The quantitative estimate of drug-likeness (QED) is 0.640. The zero-order chi connectivity index (χ0) is 18.5. The van der Waals surface area contributed by atoms with E-state index in [9.17, 15) is 9.59 Å². The molecule has 7 heteroatoms. The Kier molecular flexibility index (Phi) is 6.00. The third kappa shape index (κ3) is 4.47. The van der Waals surface area contributed by atoms with Crippen LogP contribution in [0.3, 0.4) is 0 Å². The molecular formula is C19H19N3O2S2. The van der Waals surface area contributed by atoms with Gasteiger partial charge < -0.3 is 0 Å². The van der Waals surface area contributed by atoms with Crippen LogP contribution in [0.2, 0.25) is 0 Å². The molecule has 0 bridgehead atoms. The number of hydrogen-bond donors (Lipinski definition) is 0. The molecule has 0 saturated carbocycles. The van der Waals surface area contributed by atoms with Crippen molar-refractivity contribution < 1.29 is 9.59 Å². The van der Waals surface area contributed by atoms with Gasteiger partial charge in [0.25, 0.3) is 0 Å². The topological polar surface area (TPSA) is 63.2 Å². The Balaban J connectivity index is 1.93. The first-order valence-corrected chi connectivity index (χ1v) is 10.1. The molecule has 0 unspecified atom stereocenters. The summed E-state index contributed by atoms with van der Waals surface area (Å²) in [6, 6.07) is 9.94. The smallest absolute Gasteiger partial charge is 0.239 e. The van der Waals surface area contributed by atoms with Crippen molar-refractivity contribution in [1.29, 1.82) is 0 Å². The molecule has 2 heterocycles. The lowest BCUT2D eigenvalue weighted by Gasteiger charge is -2.19. The van der Waals surface area contributed by atoms with E-state index in [0.29, 0.717) is 11.7 Å². The maximum absolute atomic E-state index is 12.8. The number of pyridine rings is 1. The van der Waals surface area contributed by atoms with E-state index in [2.05, 4.69) is 29.0 Å². The van der Waals surface area contributed by atoms with Gasteiger partial charge in [0.15, 0.2) is 10.2 Å². The molecule has 0 saturated heterocycles. The summed E-state index contributed by atoms with van der Waals surface area (Å²) in [6.07, 6.45) is 4.39. The van der Waals surface area contributed by atoms with Gasteiger partial charge in [0.1, 0.15) is 0 Å². The fourth-order valence-corrected chi connectivity index (χ4v) is 4.00. The van der Waals surface area contributed by atoms with Crippen molar-refractivity contribution in [2.24, 2.45) is 0 Å². The summed E-state index contributed by atoms with van der Waals surface area (Å²) in [5.74, 6) is -0.0324. The van der Waals surface area contributed by atoms with Crippen LogP contribution in [0.1, 0.15) is 25.0 Å². The Morgan fingerprint density at radius 3 is 2.77 bits per heavy atom. The number of carbonyl (C=O) groups is 2. The van der Waals surface area contributed by atoms with Crippen molar-refractivity contribution in [3.8, 4) is 0 Å². The molecule has 0 N–H and O–H groups in total. The SMILES string of the molecule is CCc1ccc2nc(N(Cc3cccnc3)C(=O)CSC(C)=O)sc2c1. The number of thioether (sulfide) groups is 1. The third-order valence-electron chi connectivity index (χ3n) is 3.84. The van der Waals surface area contributed by atoms with E-state index in [0.717, 1.165) is 34.0 Å². The average molecular weight is 386 g/mol. The van der Waals surface area contributed by atoms with Crippen LogP contribution in [0.15, 0.2) is 42.7 Å². The molecule has 3 aromatic rings. The number of amides is 1. The minimum Gasteiger partial charge on any atom is -0.288 e. The predicted molar refractivity (Wildman–Crippen MR) is 108 cm³/mol. The number of rotatable bonds is 6. The fourth-order valence-electron chi connectivity index (χ4n) is 2.47. The Labute approximate surface area is 160 Å². The first kappa shape index (κ1) is 18.5. The van der Waals surface area contributed by atoms with Crippen LogP contribution in [-0.4, -0.2) is 26.7 Å². The molecule has 26 heavy (non-hydrogen) atoms. The zero-order valence-corrected chi connectivity index (χ0v) is 16.3. The predicted octanol–water partition coefficient (Wildman–Crippen LogP) is 4.07. The van der Waals surface area contributed by atoms with Crippen LogP contribution in [0.4, 0.5) is 5.13 Å². The molecule has 134 valence electrons. The molecule has 1 amide bonds. The summed E-state index contributed by atoms with van der Waals surface area (Å²) >= 11 is 2.51. The minimum absolute atomic E-state index is 0.0726. The van der Waals surface area contributed by atoms with Gasteiger partial charge >= 0.3 is 0 Å². The summed E-state index contributed by atoms with van der Waals surface area (Å²) in [4.78, 5) is 34.4. The number of aromatic nitrogens is 2. The van der Waals surface area contributed by atoms with E-state index in [4.69, 9.17) is 0 Å². The van der Waals surface area contributed by atoms with E-state index in [1.807, 2.05) is 18.2 Å². The third-order valence-corrected chi connectivity index (χ3v) is 5.68. The molecule has 0 fully saturated rings. The van der Waals surface area contributed by atoms with Crippen molar-refractivity contribution in [2.45, 2.75) is 26.8 Å². The summed E-state index contributed by atoms with van der Waals surface area (Å²) in [5, 5.41) is 0.572. The molecule has 0 aliphatic rings. The van der Waals surface area contributed by atoms with Gasteiger partial charge in [0, 0.05) is 19.3 Å². The summed E-state index contributed by atoms with van der Waals surface area (Å²) in [6.45, 7) is 3.96. The van der Waals surface area contributed by atoms with E-state index < -0.39 is 0 Å². The number of anilines is 1. The highest BCUT2D eigenvalue weighted by molar-refractivity contribution is 8.14. The van der Waals surface area contributed by atoms with E-state index in [-0.39, 0.29) is 16.8 Å². The van der Waals surface area contributed by atoms with Gasteiger partial charge in [-0.05, 0) is 35.7 Å². The van der Waals surface area contributed by atoms with Crippen molar-refractivity contribution in [3.63, 3.8) is 0 Å². The van der Waals surface area contributed by atoms with Crippen molar-refractivity contribution in [3.05, 3.63) is 53.9 Å². The Morgan fingerprint density at radius 1 is 1.23 bits per heavy atom. The van der Waals surface area contributed by atoms with Gasteiger partial charge in [-0.25, -0.2) is 4.98 Å². The maximum atomic E-state index is 12.8. The highest BCUT2D eigenvalue weighted by atomic mass is 32.2. The van der Waals surface area contributed by atoms with Gasteiger partial charge in [-0.1, -0.05) is 42.2 Å². The second-order valence-corrected chi connectivity index (χ2v) is 7.93. The minimum atomic E-state index is -0.135. The number of hydrogen-bond acceptors (Lipinski definition) is 6. The molecule has 0 spiro atoms. The lowest BCUT2D eigenvalue weighted by atomic mass is 10.2. The Hall–Kier alpha value is -2.25. The summed E-state index contributed by atoms with van der Waals surface area (Å²) in [7, 11) is 0. The molecule has 0 aliphatic heterocycles. The van der Waals surface area contributed by atoms with Crippen LogP contribution in [0.25, 0.3) is 10.2 Å². The number of benzene rings is 1. The number of thiazole rings is 1.